The van der Waals surface area contributed by atoms with Gasteiger partial charge in [-0.2, -0.15) is 0 Å². The van der Waals surface area contributed by atoms with Gasteiger partial charge >= 0.3 is 5.97 Å². The zero-order chi connectivity index (χ0) is 23.3. The van der Waals surface area contributed by atoms with Crippen LogP contribution in [0, 0.1) is 5.92 Å². The molecule has 0 fully saturated rings. The Morgan fingerprint density at radius 2 is 2.06 bits per heavy atom. The summed E-state index contributed by atoms with van der Waals surface area (Å²) in [5.74, 6) is -0.612. The zero-order valence-electron chi connectivity index (χ0n) is 17.9. The number of ether oxygens (including phenoxy) is 1. The molecule has 4 rings (SSSR count). The Bertz CT molecular complexity index is 1290. The van der Waals surface area contributed by atoms with Crippen molar-refractivity contribution < 1.29 is 9.53 Å². The monoisotopic (exact) mass is 538 g/mol. The summed E-state index contributed by atoms with van der Waals surface area (Å²) in [6, 6.07) is 1.01. The molecule has 1 aliphatic heterocycles. The molecule has 0 amide bonds. The molecule has 1 aliphatic carbocycles. The van der Waals surface area contributed by atoms with Crippen LogP contribution in [0.15, 0.2) is 50.1 Å². The van der Waals surface area contributed by atoms with E-state index in [1.807, 2.05) is 30.6 Å². The van der Waals surface area contributed by atoms with E-state index in [1.165, 1.54) is 4.57 Å². The van der Waals surface area contributed by atoms with Gasteiger partial charge in [0.2, 0.25) is 0 Å². The average Bonchev–Trinajstić information content (AvgIpc) is 3.08. The van der Waals surface area contributed by atoms with Crippen LogP contribution >= 0.6 is 39.1 Å². The molecule has 2 aromatic heterocycles. The Hall–Kier alpha value is -2.29. The molecule has 0 aromatic carbocycles. The summed E-state index contributed by atoms with van der Waals surface area (Å²) in [5, 5.41) is 4.42. The molecule has 0 saturated heterocycles. The minimum Gasteiger partial charge on any atom is -0.461 e. The van der Waals surface area contributed by atoms with Gasteiger partial charge in [0.25, 0.3) is 5.56 Å². The summed E-state index contributed by atoms with van der Waals surface area (Å²) in [7, 11) is 1.63. The SMILES string of the molecule is CCOC(=O)c1nc(Br)n2c1C(Nc1cc(Cl)cn(C)c1=O)C1=CC=C(Cl)C(C)C1=C2C. The van der Waals surface area contributed by atoms with Crippen LogP contribution in [0.2, 0.25) is 5.02 Å². The number of carbonyl (C=O) groups is 1. The van der Waals surface area contributed by atoms with Gasteiger partial charge in [0.05, 0.1) is 23.4 Å². The van der Waals surface area contributed by atoms with Crippen molar-refractivity contribution >= 4 is 56.5 Å². The van der Waals surface area contributed by atoms with Crippen LogP contribution in [-0.4, -0.2) is 26.7 Å². The summed E-state index contributed by atoms with van der Waals surface area (Å²) in [4.78, 5) is 30.1. The molecule has 3 heterocycles. The lowest BCUT2D eigenvalue weighted by Crippen LogP contribution is -2.31. The number of hydrogen-bond acceptors (Lipinski definition) is 5. The molecular formula is C22H21BrCl2N4O3. The lowest BCUT2D eigenvalue weighted by molar-refractivity contribution is 0.0518. The highest BCUT2D eigenvalue weighted by molar-refractivity contribution is 9.10. The van der Waals surface area contributed by atoms with Crippen molar-refractivity contribution in [2.45, 2.75) is 26.8 Å². The Morgan fingerprint density at radius 1 is 1.34 bits per heavy atom. The quantitative estimate of drug-likeness (QED) is 0.535. The summed E-state index contributed by atoms with van der Waals surface area (Å²) in [5.41, 5.74) is 3.57. The molecule has 2 atom stereocenters. The number of aryl methyl sites for hydroxylation is 1. The summed E-state index contributed by atoms with van der Waals surface area (Å²) < 4.78 is 8.98. The normalized spacial score (nSPS) is 19.7. The Labute approximate surface area is 203 Å². The fourth-order valence-electron chi connectivity index (χ4n) is 4.25. The molecule has 0 radical (unpaired) electrons. The lowest BCUT2D eigenvalue weighted by Gasteiger charge is -2.36. The molecule has 2 aromatic rings. The van der Waals surface area contributed by atoms with E-state index in [4.69, 9.17) is 27.9 Å². The number of carbonyl (C=O) groups excluding carboxylic acids is 1. The highest BCUT2D eigenvalue weighted by Gasteiger charge is 2.40. The summed E-state index contributed by atoms with van der Waals surface area (Å²) >= 11 is 16.2. The fourth-order valence-corrected chi connectivity index (χ4v) is 5.31. The van der Waals surface area contributed by atoms with Crippen LogP contribution in [0.25, 0.3) is 5.70 Å². The van der Waals surface area contributed by atoms with Crippen LogP contribution in [0.4, 0.5) is 5.69 Å². The minimum atomic E-state index is -0.568. The van der Waals surface area contributed by atoms with Gasteiger partial charge in [-0.1, -0.05) is 36.2 Å². The van der Waals surface area contributed by atoms with E-state index in [0.717, 1.165) is 16.8 Å². The van der Waals surface area contributed by atoms with Crippen molar-refractivity contribution in [3.8, 4) is 0 Å². The number of pyridine rings is 1. The standard InChI is InChI=1S/C22H21BrCl2N4O3/c1-5-32-21(31)18-19-17(26-15-8-12(24)9-28(4)20(15)30)13-6-7-14(25)10(2)16(13)11(3)29(19)22(23)27-18/h6-10,17,26H,5H2,1-4H3. The Kier molecular flexibility index (Phi) is 6.13. The van der Waals surface area contributed by atoms with Crippen LogP contribution < -0.4 is 10.9 Å². The highest BCUT2D eigenvalue weighted by atomic mass is 79.9. The van der Waals surface area contributed by atoms with Gasteiger partial charge in [-0.3, -0.25) is 9.36 Å². The molecule has 0 saturated carbocycles. The molecule has 7 nitrogen and oxygen atoms in total. The number of aromatic nitrogens is 3. The van der Waals surface area contributed by atoms with Gasteiger partial charge in [0, 0.05) is 29.9 Å². The second-order valence-electron chi connectivity index (χ2n) is 7.63. The minimum absolute atomic E-state index is 0.0725. The van der Waals surface area contributed by atoms with Crippen LogP contribution in [-0.2, 0) is 11.8 Å². The molecule has 1 N–H and O–H groups in total. The lowest BCUT2D eigenvalue weighted by atomic mass is 9.80. The van der Waals surface area contributed by atoms with Crippen LogP contribution in [0.5, 0.6) is 0 Å². The number of allylic oxidation sites excluding steroid dienone is 4. The van der Waals surface area contributed by atoms with Crippen molar-refractivity contribution in [1.82, 2.24) is 14.1 Å². The predicted octanol–water partition coefficient (Wildman–Crippen LogP) is 5.27. The smallest absolute Gasteiger partial charge is 0.358 e. The maximum Gasteiger partial charge on any atom is 0.358 e. The number of hydrogen-bond donors (Lipinski definition) is 1. The third-order valence-corrected chi connectivity index (χ3v) is 6.87. The predicted molar refractivity (Wildman–Crippen MR) is 129 cm³/mol. The number of halogens is 3. The maximum atomic E-state index is 12.8. The van der Waals surface area contributed by atoms with Crippen molar-refractivity contribution in [2.24, 2.45) is 13.0 Å². The van der Waals surface area contributed by atoms with Gasteiger partial charge in [-0.25, -0.2) is 9.78 Å². The first kappa shape index (κ1) is 22.9. The van der Waals surface area contributed by atoms with E-state index in [9.17, 15) is 9.59 Å². The first-order valence-corrected chi connectivity index (χ1v) is 11.6. The third-order valence-electron chi connectivity index (χ3n) is 5.68. The summed E-state index contributed by atoms with van der Waals surface area (Å²) in [6.07, 6.45) is 5.29. The number of nitrogens with one attached hydrogen (secondary N) is 1. The van der Waals surface area contributed by atoms with Gasteiger partial charge in [0.15, 0.2) is 10.4 Å². The van der Waals surface area contributed by atoms with Crippen LogP contribution in [0.1, 0.15) is 43.0 Å². The number of imidazole rings is 1. The van der Waals surface area contributed by atoms with E-state index >= 15 is 0 Å². The number of rotatable bonds is 4. The molecular weight excluding hydrogens is 519 g/mol. The first-order valence-electron chi connectivity index (χ1n) is 10.0. The zero-order valence-corrected chi connectivity index (χ0v) is 21.0. The van der Waals surface area contributed by atoms with E-state index in [-0.39, 0.29) is 23.8 Å². The molecule has 0 bridgehead atoms. The average molecular weight is 540 g/mol. The fraction of sp³-hybridized carbons (Fsp3) is 0.318. The first-order chi connectivity index (χ1) is 15.1. The number of anilines is 1. The topological polar surface area (TPSA) is 78.2 Å². The largest absolute Gasteiger partial charge is 0.461 e. The molecule has 2 unspecified atom stereocenters. The van der Waals surface area contributed by atoms with Gasteiger partial charge in [-0.15, -0.1) is 0 Å². The van der Waals surface area contributed by atoms with Crippen molar-refractivity contribution in [2.75, 3.05) is 11.9 Å². The third kappa shape index (κ3) is 3.64. The van der Waals surface area contributed by atoms with Crippen LogP contribution in [0.3, 0.4) is 0 Å². The Morgan fingerprint density at radius 3 is 2.75 bits per heavy atom. The molecule has 32 heavy (non-hydrogen) atoms. The summed E-state index contributed by atoms with van der Waals surface area (Å²) in [6.45, 7) is 5.92. The van der Waals surface area contributed by atoms with Crippen molar-refractivity contribution in [3.63, 3.8) is 0 Å². The van der Waals surface area contributed by atoms with Gasteiger partial charge in [-0.05, 0) is 53.1 Å². The second-order valence-corrected chi connectivity index (χ2v) is 9.21. The number of fused-ring (bicyclic) bond motifs is 2. The molecule has 2 aliphatic rings. The van der Waals surface area contributed by atoms with E-state index in [2.05, 4.69) is 26.2 Å². The van der Waals surface area contributed by atoms with Crippen molar-refractivity contribution in [3.05, 3.63) is 72.1 Å². The molecule has 0 spiro atoms. The maximum absolute atomic E-state index is 12.8. The van der Waals surface area contributed by atoms with Gasteiger partial charge < -0.3 is 14.6 Å². The second kappa shape index (κ2) is 8.57. The number of nitrogens with zero attached hydrogens (tertiary/aromatic N) is 3. The molecule has 10 heteroatoms. The van der Waals surface area contributed by atoms with Crippen molar-refractivity contribution in [1.29, 1.82) is 0 Å². The van der Waals surface area contributed by atoms with E-state index in [1.54, 1.807) is 26.2 Å². The Balaban J connectivity index is 1.99. The van der Waals surface area contributed by atoms with E-state index < -0.39 is 12.0 Å². The van der Waals surface area contributed by atoms with Gasteiger partial charge in [0.1, 0.15) is 5.69 Å². The number of esters is 1. The molecule has 168 valence electrons. The highest BCUT2D eigenvalue weighted by Crippen LogP contribution is 2.48. The van der Waals surface area contributed by atoms with E-state index in [0.29, 0.717) is 26.2 Å².